The summed E-state index contributed by atoms with van der Waals surface area (Å²) >= 11 is 11.7. The highest BCUT2D eigenvalue weighted by atomic mass is 35.5. The van der Waals surface area contributed by atoms with Gasteiger partial charge in [0, 0.05) is 21.9 Å². The van der Waals surface area contributed by atoms with Crippen molar-refractivity contribution in [2.45, 2.75) is 6.54 Å². The molecule has 0 unspecified atom stereocenters. The number of hydrogen-bond donors (Lipinski definition) is 2. The molecule has 0 atom stereocenters. The van der Waals surface area contributed by atoms with Crippen LogP contribution < -0.4 is 11.1 Å². The summed E-state index contributed by atoms with van der Waals surface area (Å²) < 4.78 is 1.44. The van der Waals surface area contributed by atoms with Crippen molar-refractivity contribution in [3.63, 3.8) is 0 Å². The zero-order chi connectivity index (χ0) is 13.1. The summed E-state index contributed by atoms with van der Waals surface area (Å²) in [5, 5.41) is 7.50. The third-order valence-electron chi connectivity index (χ3n) is 2.11. The van der Waals surface area contributed by atoms with Crippen LogP contribution in [0.1, 0.15) is 0 Å². The monoisotopic (exact) mass is 284 g/mol. The molecule has 5 nitrogen and oxygen atoms in total. The number of anilines is 2. The number of amides is 1. The van der Waals surface area contributed by atoms with E-state index in [1.165, 1.54) is 10.9 Å². The van der Waals surface area contributed by atoms with Crippen molar-refractivity contribution in [1.82, 2.24) is 9.78 Å². The van der Waals surface area contributed by atoms with Gasteiger partial charge in [-0.3, -0.25) is 9.48 Å². The average molecular weight is 285 g/mol. The van der Waals surface area contributed by atoms with Gasteiger partial charge in [-0.1, -0.05) is 23.2 Å². The highest BCUT2D eigenvalue weighted by Crippen LogP contribution is 2.22. The smallest absolute Gasteiger partial charge is 0.246 e. The fourth-order valence-electron chi connectivity index (χ4n) is 1.44. The number of nitrogens with zero attached hydrogens (tertiary/aromatic N) is 2. The van der Waals surface area contributed by atoms with Crippen molar-refractivity contribution in [3.05, 3.63) is 40.6 Å². The van der Waals surface area contributed by atoms with Gasteiger partial charge >= 0.3 is 0 Å². The van der Waals surface area contributed by atoms with Gasteiger partial charge in [0.15, 0.2) is 0 Å². The first-order chi connectivity index (χ1) is 8.52. The molecule has 0 aliphatic carbocycles. The van der Waals surface area contributed by atoms with Gasteiger partial charge in [0.25, 0.3) is 0 Å². The maximum Gasteiger partial charge on any atom is 0.246 e. The molecule has 2 rings (SSSR count). The normalized spacial score (nSPS) is 10.3. The fourth-order valence-corrected chi connectivity index (χ4v) is 1.97. The third-order valence-corrected chi connectivity index (χ3v) is 2.54. The Balaban J connectivity index is 2.02. The molecular formula is C11H10Cl2N4O. The number of nitrogens with two attached hydrogens (primary N) is 1. The minimum Gasteiger partial charge on any atom is -0.396 e. The summed E-state index contributed by atoms with van der Waals surface area (Å²) in [6.45, 7) is 0.0708. The van der Waals surface area contributed by atoms with E-state index in [-0.39, 0.29) is 12.5 Å². The van der Waals surface area contributed by atoms with E-state index >= 15 is 0 Å². The van der Waals surface area contributed by atoms with Crippen LogP contribution in [0.5, 0.6) is 0 Å². The predicted molar refractivity (Wildman–Crippen MR) is 71.7 cm³/mol. The average Bonchev–Trinajstić information content (AvgIpc) is 2.61. The van der Waals surface area contributed by atoms with Crippen molar-refractivity contribution in [1.29, 1.82) is 0 Å². The summed E-state index contributed by atoms with van der Waals surface area (Å²) in [5.74, 6) is -0.239. The Morgan fingerprint density at radius 3 is 2.56 bits per heavy atom. The van der Waals surface area contributed by atoms with E-state index in [9.17, 15) is 4.79 Å². The number of carbonyl (C=O) groups excluding carboxylic acids is 1. The lowest BCUT2D eigenvalue weighted by molar-refractivity contribution is -0.116. The highest BCUT2D eigenvalue weighted by molar-refractivity contribution is 6.35. The van der Waals surface area contributed by atoms with Crippen LogP contribution in [0.3, 0.4) is 0 Å². The summed E-state index contributed by atoms with van der Waals surface area (Å²) in [6, 6.07) is 4.82. The molecule has 1 amide bonds. The summed E-state index contributed by atoms with van der Waals surface area (Å²) in [5.41, 5.74) is 6.54. The van der Waals surface area contributed by atoms with Crippen LogP contribution in [0.4, 0.5) is 11.4 Å². The number of aromatic nitrogens is 2. The first-order valence-electron chi connectivity index (χ1n) is 5.07. The van der Waals surface area contributed by atoms with Crippen LogP contribution in [0.15, 0.2) is 30.6 Å². The molecule has 18 heavy (non-hydrogen) atoms. The minimum atomic E-state index is -0.239. The molecule has 0 saturated carbocycles. The SMILES string of the molecule is Nc1cnn(CC(=O)Nc2cc(Cl)cc(Cl)c2)c1. The molecule has 0 aliphatic heterocycles. The van der Waals surface area contributed by atoms with Crippen LogP contribution in [0.2, 0.25) is 10.0 Å². The molecule has 7 heteroatoms. The van der Waals surface area contributed by atoms with Gasteiger partial charge in [0.2, 0.25) is 5.91 Å². The van der Waals surface area contributed by atoms with E-state index in [4.69, 9.17) is 28.9 Å². The van der Waals surface area contributed by atoms with Crippen LogP contribution >= 0.6 is 23.2 Å². The van der Waals surface area contributed by atoms with Gasteiger partial charge in [-0.05, 0) is 18.2 Å². The molecule has 0 fully saturated rings. The standard InChI is InChI=1S/C11H10Cl2N4O/c12-7-1-8(13)3-10(2-7)16-11(18)6-17-5-9(14)4-15-17/h1-5H,6,14H2,(H,16,18). The number of halogens is 2. The van der Waals surface area contributed by atoms with Crippen molar-refractivity contribution >= 4 is 40.5 Å². The van der Waals surface area contributed by atoms with Gasteiger partial charge in [-0.15, -0.1) is 0 Å². The number of nitrogen functional groups attached to an aromatic ring is 1. The molecule has 2 aromatic rings. The van der Waals surface area contributed by atoms with E-state index in [1.807, 2.05) is 0 Å². The Labute approximate surface area is 113 Å². The summed E-state index contributed by atoms with van der Waals surface area (Å²) in [6.07, 6.45) is 3.05. The molecule has 0 spiro atoms. The Kier molecular flexibility index (Phi) is 3.74. The molecule has 1 aromatic heterocycles. The van der Waals surface area contributed by atoms with Crippen molar-refractivity contribution < 1.29 is 4.79 Å². The molecule has 3 N–H and O–H groups in total. The Bertz CT molecular complexity index is 562. The zero-order valence-corrected chi connectivity index (χ0v) is 10.7. The topological polar surface area (TPSA) is 72.9 Å². The first-order valence-corrected chi connectivity index (χ1v) is 5.82. The fraction of sp³-hybridized carbons (Fsp3) is 0.0909. The van der Waals surface area contributed by atoms with Crippen molar-refractivity contribution in [2.75, 3.05) is 11.1 Å². The van der Waals surface area contributed by atoms with Gasteiger partial charge < -0.3 is 11.1 Å². The Hall–Kier alpha value is -1.72. The highest BCUT2D eigenvalue weighted by Gasteiger charge is 2.06. The number of carbonyl (C=O) groups is 1. The predicted octanol–water partition coefficient (Wildman–Crippen LogP) is 2.41. The number of rotatable bonds is 3. The largest absolute Gasteiger partial charge is 0.396 e. The molecule has 1 heterocycles. The summed E-state index contributed by atoms with van der Waals surface area (Å²) in [7, 11) is 0. The minimum absolute atomic E-state index is 0.0708. The van der Waals surface area contributed by atoms with Gasteiger partial charge in [0.05, 0.1) is 11.9 Å². The van der Waals surface area contributed by atoms with Crippen LogP contribution in [0.25, 0.3) is 0 Å². The second-order valence-electron chi connectivity index (χ2n) is 3.68. The second kappa shape index (κ2) is 5.29. The van der Waals surface area contributed by atoms with Crippen LogP contribution in [0, 0.1) is 0 Å². The van der Waals surface area contributed by atoms with E-state index in [0.717, 1.165) is 0 Å². The molecule has 1 aromatic carbocycles. The first kappa shape index (κ1) is 12.7. The molecule has 0 radical (unpaired) electrons. The molecule has 0 bridgehead atoms. The van der Waals surface area contributed by atoms with E-state index < -0.39 is 0 Å². The maximum atomic E-state index is 11.7. The van der Waals surface area contributed by atoms with Crippen molar-refractivity contribution in [3.8, 4) is 0 Å². The molecular weight excluding hydrogens is 275 g/mol. The van der Waals surface area contributed by atoms with Gasteiger partial charge in [-0.2, -0.15) is 5.10 Å². The molecule has 94 valence electrons. The van der Waals surface area contributed by atoms with Crippen LogP contribution in [-0.4, -0.2) is 15.7 Å². The number of benzene rings is 1. The molecule has 0 saturated heterocycles. The number of hydrogen-bond acceptors (Lipinski definition) is 3. The van der Waals surface area contributed by atoms with E-state index in [0.29, 0.717) is 21.4 Å². The Morgan fingerprint density at radius 1 is 1.33 bits per heavy atom. The van der Waals surface area contributed by atoms with Crippen LogP contribution in [-0.2, 0) is 11.3 Å². The van der Waals surface area contributed by atoms with Gasteiger partial charge in [-0.25, -0.2) is 0 Å². The zero-order valence-electron chi connectivity index (χ0n) is 9.23. The lowest BCUT2D eigenvalue weighted by Gasteiger charge is -2.06. The number of nitrogens with one attached hydrogen (secondary N) is 1. The van der Waals surface area contributed by atoms with E-state index in [1.54, 1.807) is 24.4 Å². The lowest BCUT2D eigenvalue weighted by atomic mass is 10.3. The maximum absolute atomic E-state index is 11.7. The van der Waals surface area contributed by atoms with Crippen molar-refractivity contribution in [2.24, 2.45) is 0 Å². The van der Waals surface area contributed by atoms with E-state index in [2.05, 4.69) is 10.4 Å². The summed E-state index contributed by atoms with van der Waals surface area (Å²) in [4.78, 5) is 11.7. The third kappa shape index (κ3) is 3.38. The quantitative estimate of drug-likeness (QED) is 0.909. The molecule has 0 aliphatic rings. The van der Waals surface area contributed by atoms with Gasteiger partial charge in [0.1, 0.15) is 6.54 Å². The Morgan fingerprint density at radius 2 is 2.00 bits per heavy atom. The lowest BCUT2D eigenvalue weighted by Crippen LogP contribution is -2.19. The second-order valence-corrected chi connectivity index (χ2v) is 4.55.